The first kappa shape index (κ1) is 15.4. The van der Waals surface area contributed by atoms with E-state index in [2.05, 4.69) is 26.4 Å². The first-order valence-corrected chi connectivity index (χ1v) is 9.10. The zero-order chi connectivity index (χ0) is 16.7. The van der Waals surface area contributed by atoms with Gasteiger partial charge in [-0.15, -0.1) is 0 Å². The number of hydrogen-bond acceptors (Lipinski definition) is 4. The van der Waals surface area contributed by atoms with Gasteiger partial charge >= 0.3 is 0 Å². The third-order valence-corrected chi connectivity index (χ3v) is 5.52. The van der Waals surface area contributed by atoms with E-state index in [0.29, 0.717) is 12.1 Å². The first-order valence-electron chi connectivity index (χ1n) is 8.16. The summed E-state index contributed by atoms with van der Waals surface area (Å²) in [6, 6.07) is 8.13. The summed E-state index contributed by atoms with van der Waals surface area (Å²) in [5.74, 6) is 1.02. The number of hydrogen-bond donors (Lipinski definition) is 1. The van der Waals surface area contributed by atoms with Gasteiger partial charge in [-0.05, 0) is 53.9 Å². The van der Waals surface area contributed by atoms with Gasteiger partial charge in [0, 0.05) is 24.7 Å². The highest BCUT2D eigenvalue weighted by Gasteiger charge is 2.31. The van der Waals surface area contributed by atoms with E-state index in [0.717, 1.165) is 36.4 Å². The first-order chi connectivity index (χ1) is 11.7. The number of imidazole rings is 1. The van der Waals surface area contributed by atoms with E-state index in [4.69, 9.17) is 5.73 Å². The summed E-state index contributed by atoms with van der Waals surface area (Å²) >= 11 is 1.70. The van der Waals surface area contributed by atoms with E-state index in [-0.39, 0.29) is 11.9 Å². The molecule has 6 heteroatoms. The van der Waals surface area contributed by atoms with Crippen LogP contribution in [0.15, 0.2) is 35.0 Å². The van der Waals surface area contributed by atoms with Crippen LogP contribution in [0.1, 0.15) is 28.2 Å². The lowest BCUT2D eigenvalue weighted by Gasteiger charge is -2.40. The summed E-state index contributed by atoms with van der Waals surface area (Å²) in [7, 11) is 0. The van der Waals surface area contributed by atoms with Crippen LogP contribution in [0, 0.1) is 6.92 Å². The molecule has 1 aliphatic heterocycles. The maximum atomic E-state index is 12.6. The monoisotopic (exact) mass is 340 g/mol. The van der Waals surface area contributed by atoms with Crippen molar-refractivity contribution in [1.29, 1.82) is 0 Å². The quantitative estimate of drug-likeness (QED) is 0.794. The van der Waals surface area contributed by atoms with Crippen molar-refractivity contribution in [1.82, 2.24) is 14.5 Å². The number of amides is 1. The van der Waals surface area contributed by atoms with Gasteiger partial charge in [0.25, 0.3) is 5.91 Å². The normalized spacial score (nSPS) is 17.2. The number of carbonyl (C=O) groups excluding carboxylic acids is 1. The molecule has 24 heavy (non-hydrogen) atoms. The number of carbonyl (C=O) groups is 1. The summed E-state index contributed by atoms with van der Waals surface area (Å²) in [5.41, 5.74) is 9.61. The van der Waals surface area contributed by atoms with Gasteiger partial charge in [-0.25, -0.2) is 4.98 Å². The van der Waals surface area contributed by atoms with Crippen molar-refractivity contribution in [3.8, 4) is 0 Å². The SMILES string of the molecule is Cc1nc2cc(C(=O)N3CCC3CN)ccc2n1Cc1ccsc1. The Morgan fingerprint density at radius 3 is 2.96 bits per heavy atom. The lowest BCUT2D eigenvalue weighted by atomic mass is 10.0. The maximum absolute atomic E-state index is 12.6. The second-order valence-corrected chi connectivity index (χ2v) is 7.04. The molecule has 1 aliphatic rings. The maximum Gasteiger partial charge on any atom is 0.254 e. The molecule has 0 saturated carbocycles. The predicted molar refractivity (Wildman–Crippen MR) is 96.4 cm³/mol. The Kier molecular flexibility index (Phi) is 3.86. The van der Waals surface area contributed by atoms with Gasteiger partial charge in [0.2, 0.25) is 0 Å². The number of aryl methyl sites for hydroxylation is 1. The van der Waals surface area contributed by atoms with Crippen molar-refractivity contribution >= 4 is 28.3 Å². The van der Waals surface area contributed by atoms with Gasteiger partial charge in [0.1, 0.15) is 5.82 Å². The highest BCUT2D eigenvalue weighted by molar-refractivity contribution is 7.07. The molecule has 1 fully saturated rings. The summed E-state index contributed by atoms with van der Waals surface area (Å²) < 4.78 is 2.19. The van der Waals surface area contributed by atoms with Crippen molar-refractivity contribution in [3.05, 3.63) is 52.0 Å². The van der Waals surface area contributed by atoms with Gasteiger partial charge < -0.3 is 15.2 Å². The van der Waals surface area contributed by atoms with E-state index in [1.54, 1.807) is 11.3 Å². The molecule has 0 bridgehead atoms. The molecule has 4 rings (SSSR count). The lowest BCUT2D eigenvalue weighted by Crippen LogP contribution is -2.54. The highest BCUT2D eigenvalue weighted by Crippen LogP contribution is 2.24. The Hall–Kier alpha value is -2.18. The van der Waals surface area contributed by atoms with Crippen molar-refractivity contribution < 1.29 is 4.79 Å². The molecule has 3 heterocycles. The Bertz CT molecular complexity index is 882. The Morgan fingerprint density at radius 2 is 2.29 bits per heavy atom. The van der Waals surface area contributed by atoms with Gasteiger partial charge in [0.05, 0.1) is 17.6 Å². The number of nitrogens with zero attached hydrogens (tertiary/aromatic N) is 3. The molecule has 1 saturated heterocycles. The molecule has 0 spiro atoms. The lowest BCUT2D eigenvalue weighted by molar-refractivity contribution is 0.0482. The van der Waals surface area contributed by atoms with E-state index < -0.39 is 0 Å². The molecule has 1 unspecified atom stereocenters. The zero-order valence-corrected chi connectivity index (χ0v) is 14.4. The fraction of sp³-hybridized carbons (Fsp3) is 0.333. The van der Waals surface area contributed by atoms with Crippen molar-refractivity contribution in [2.75, 3.05) is 13.1 Å². The molecule has 5 nitrogen and oxygen atoms in total. The molecular formula is C18H20N4OS. The summed E-state index contributed by atoms with van der Waals surface area (Å²) in [4.78, 5) is 19.1. The Labute approximate surface area is 144 Å². The average Bonchev–Trinajstić information content (AvgIpc) is 3.15. The number of thiophene rings is 1. The van der Waals surface area contributed by atoms with Crippen LogP contribution in [-0.4, -0.2) is 39.5 Å². The third-order valence-electron chi connectivity index (χ3n) is 4.78. The number of aromatic nitrogens is 2. The van der Waals surface area contributed by atoms with Crippen molar-refractivity contribution in [2.45, 2.75) is 25.9 Å². The fourth-order valence-electron chi connectivity index (χ4n) is 3.27. The molecule has 124 valence electrons. The van der Waals surface area contributed by atoms with Crippen LogP contribution in [0.3, 0.4) is 0 Å². The number of fused-ring (bicyclic) bond motifs is 1. The fourth-order valence-corrected chi connectivity index (χ4v) is 3.93. The van der Waals surface area contributed by atoms with E-state index >= 15 is 0 Å². The van der Waals surface area contributed by atoms with Crippen LogP contribution in [0.5, 0.6) is 0 Å². The van der Waals surface area contributed by atoms with Crippen LogP contribution < -0.4 is 5.73 Å². The van der Waals surface area contributed by atoms with Crippen LogP contribution >= 0.6 is 11.3 Å². The molecular weight excluding hydrogens is 320 g/mol. The molecule has 2 N–H and O–H groups in total. The standard InChI is InChI=1S/C18H20N4OS/c1-12-20-16-8-14(18(23)21-6-4-15(21)9-19)2-3-17(16)22(12)10-13-5-7-24-11-13/h2-3,5,7-8,11,15H,4,6,9-10,19H2,1H3. The minimum Gasteiger partial charge on any atom is -0.334 e. The van der Waals surface area contributed by atoms with E-state index in [9.17, 15) is 4.79 Å². The van der Waals surface area contributed by atoms with Crippen molar-refractivity contribution in [3.63, 3.8) is 0 Å². The third kappa shape index (κ3) is 2.52. The predicted octanol–water partition coefficient (Wildman–Crippen LogP) is 2.63. The van der Waals surface area contributed by atoms with Gasteiger partial charge in [-0.3, -0.25) is 4.79 Å². The number of likely N-dealkylation sites (tertiary alicyclic amines) is 1. The van der Waals surface area contributed by atoms with Gasteiger partial charge in [-0.2, -0.15) is 11.3 Å². The summed E-state index contributed by atoms with van der Waals surface area (Å²) in [6.45, 7) is 4.14. The van der Waals surface area contributed by atoms with E-state index in [1.807, 2.05) is 30.0 Å². The summed E-state index contributed by atoms with van der Waals surface area (Å²) in [6.07, 6.45) is 0.999. The number of rotatable bonds is 4. The second kappa shape index (κ2) is 6.03. The second-order valence-electron chi connectivity index (χ2n) is 6.26. The van der Waals surface area contributed by atoms with E-state index in [1.165, 1.54) is 5.56 Å². The highest BCUT2D eigenvalue weighted by atomic mass is 32.1. The molecule has 3 aromatic rings. The minimum atomic E-state index is 0.0589. The summed E-state index contributed by atoms with van der Waals surface area (Å²) in [5, 5.41) is 4.24. The largest absolute Gasteiger partial charge is 0.334 e. The molecule has 1 aromatic carbocycles. The smallest absolute Gasteiger partial charge is 0.254 e. The molecule has 2 aromatic heterocycles. The minimum absolute atomic E-state index is 0.0589. The van der Waals surface area contributed by atoms with Gasteiger partial charge in [0.15, 0.2) is 0 Å². The van der Waals surface area contributed by atoms with Crippen molar-refractivity contribution in [2.24, 2.45) is 5.73 Å². The van der Waals surface area contributed by atoms with Crippen LogP contribution in [-0.2, 0) is 6.54 Å². The zero-order valence-electron chi connectivity index (χ0n) is 13.6. The Balaban J connectivity index is 1.66. The van der Waals surface area contributed by atoms with Crippen LogP contribution in [0.2, 0.25) is 0 Å². The Morgan fingerprint density at radius 1 is 1.42 bits per heavy atom. The molecule has 0 aliphatic carbocycles. The topological polar surface area (TPSA) is 64.2 Å². The van der Waals surface area contributed by atoms with Crippen LogP contribution in [0.25, 0.3) is 11.0 Å². The van der Waals surface area contributed by atoms with Crippen LogP contribution in [0.4, 0.5) is 0 Å². The average molecular weight is 340 g/mol. The number of benzene rings is 1. The molecule has 0 radical (unpaired) electrons. The number of nitrogens with two attached hydrogens (primary N) is 1. The molecule has 1 atom stereocenters. The van der Waals surface area contributed by atoms with Gasteiger partial charge in [-0.1, -0.05) is 0 Å². The molecule has 1 amide bonds.